The second kappa shape index (κ2) is 6.07. The van der Waals surface area contributed by atoms with Crippen molar-refractivity contribution in [1.82, 2.24) is 19.7 Å². The third-order valence-corrected chi connectivity index (χ3v) is 3.98. The lowest BCUT2D eigenvalue weighted by Gasteiger charge is -2.13. The van der Waals surface area contributed by atoms with E-state index in [9.17, 15) is 0 Å². The molecular formula is C17H19ClN4. The molecular weight excluding hydrogens is 296 g/mol. The largest absolute Gasteiger partial charge is 0.305 e. The summed E-state index contributed by atoms with van der Waals surface area (Å²) in [6.45, 7) is 6.86. The number of halogens is 1. The summed E-state index contributed by atoms with van der Waals surface area (Å²) in [4.78, 5) is 9.04. The van der Waals surface area contributed by atoms with Crippen LogP contribution < -0.4 is 5.32 Å². The predicted octanol–water partition coefficient (Wildman–Crippen LogP) is 3.85. The lowest BCUT2D eigenvalue weighted by molar-refractivity contribution is 0.569. The Morgan fingerprint density at radius 1 is 1.23 bits per heavy atom. The highest BCUT2D eigenvalue weighted by molar-refractivity contribution is 6.30. The number of fused-ring (bicyclic) bond motifs is 1. The molecule has 0 saturated carbocycles. The minimum atomic E-state index is 0.208. The van der Waals surface area contributed by atoms with E-state index in [-0.39, 0.29) is 6.04 Å². The summed E-state index contributed by atoms with van der Waals surface area (Å²) in [6, 6.07) is 10.2. The first-order valence-electron chi connectivity index (χ1n) is 7.34. The van der Waals surface area contributed by atoms with Gasteiger partial charge in [-0.15, -0.1) is 0 Å². The van der Waals surface area contributed by atoms with Crippen molar-refractivity contribution >= 4 is 17.4 Å². The van der Waals surface area contributed by atoms with E-state index < -0.39 is 0 Å². The van der Waals surface area contributed by atoms with E-state index in [1.54, 1.807) is 0 Å². The maximum absolute atomic E-state index is 6.04. The lowest BCUT2D eigenvalue weighted by atomic mass is 10.1. The quantitative estimate of drug-likeness (QED) is 0.795. The van der Waals surface area contributed by atoms with E-state index in [1.807, 2.05) is 35.7 Å². The molecule has 1 unspecified atom stereocenters. The molecule has 0 aliphatic heterocycles. The van der Waals surface area contributed by atoms with Gasteiger partial charge in [-0.25, -0.2) is 9.97 Å². The van der Waals surface area contributed by atoms with Crippen molar-refractivity contribution in [3.8, 4) is 0 Å². The second-order valence-corrected chi connectivity index (χ2v) is 6.04. The maximum atomic E-state index is 6.04. The summed E-state index contributed by atoms with van der Waals surface area (Å²) >= 11 is 6.04. The van der Waals surface area contributed by atoms with E-state index in [0.29, 0.717) is 6.54 Å². The molecule has 1 N–H and O–H groups in total. The molecule has 5 heteroatoms. The van der Waals surface area contributed by atoms with Gasteiger partial charge in [0.25, 0.3) is 0 Å². The number of aromatic nitrogens is 3. The SMILES string of the molecule is Cc1cc(C)n2cc(CNC(C)c3cccc(Cl)c3)nc2n1. The van der Waals surface area contributed by atoms with Crippen molar-refractivity contribution in [3.05, 3.63) is 64.2 Å². The van der Waals surface area contributed by atoms with Crippen LogP contribution in [0.3, 0.4) is 0 Å². The third-order valence-electron chi connectivity index (χ3n) is 3.75. The van der Waals surface area contributed by atoms with Gasteiger partial charge in [-0.05, 0) is 44.5 Å². The number of nitrogens with zero attached hydrogens (tertiary/aromatic N) is 3. The maximum Gasteiger partial charge on any atom is 0.234 e. The number of nitrogens with one attached hydrogen (secondary N) is 1. The van der Waals surface area contributed by atoms with Gasteiger partial charge in [0.1, 0.15) is 0 Å². The fourth-order valence-corrected chi connectivity index (χ4v) is 2.75. The van der Waals surface area contributed by atoms with Gasteiger partial charge < -0.3 is 5.32 Å². The average Bonchev–Trinajstić information content (AvgIpc) is 2.88. The Kier molecular flexibility index (Phi) is 4.14. The molecule has 0 amide bonds. The first-order valence-corrected chi connectivity index (χ1v) is 7.72. The molecule has 0 spiro atoms. The first kappa shape index (κ1) is 15.0. The molecule has 4 nitrogen and oxygen atoms in total. The third kappa shape index (κ3) is 3.13. The number of rotatable bonds is 4. The Morgan fingerprint density at radius 2 is 2.05 bits per heavy atom. The van der Waals surface area contributed by atoms with E-state index in [2.05, 4.69) is 41.3 Å². The summed E-state index contributed by atoms with van der Waals surface area (Å²) in [7, 11) is 0. The smallest absolute Gasteiger partial charge is 0.234 e. The molecule has 2 aromatic heterocycles. The first-order chi connectivity index (χ1) is 10.5. The van der Waals surface area contributed by atoms with Gasteiger partial charge in [0.2, 0.25) is 5.78 Å². The van der Waals surface area contributed by atoms with Gasteiger partial charge in [0, 0.05) is 35.2 Å². The van der Waals surface area contributed by atoms with E-state index >= 15 is 0 Å². The summed E-state index contributed by atoms with van der Waals surface area (Å²) in [5.41, 5.74) is 4.28. The fraction of sp³-hybridized carbons (Fsp3) is 0.294. The molecule has 0 radical (unpaired) electrons. The second-order valence-electron chi connectivity index (χ2n) is 5.60. The van der Waals surface area contributed by atoms with Crippen molar-refractivity contribution in [2.45, 2.75) is 33.4 Å². The molecule has 0 bridgehead atoms. The van der Waals surface area contributed by atoms with Crippen LogP contribution in [0.2, 0.25) is 5.02 Å². The molecule has 0 fully saturated rings. The van der Waals surface area contributed by atoms with Crippen LogP contribution in [0.15, 0.2) is 36.5 Å². The van der Waals surface area contributed by atoms with Crippen molar-refractivity contribution in [2.24, 2.45) is 0 Å². The van der Waals surface area contributed by atoms with Crippen molar-refractivity contribution < 1.29 is 0 Å². The standard InChI is InChI=1S/C17H19ClN4/c1-11-7-12(2)22-10-16(21-17(22)20-11)9-19-13(3)14-5-4-6-15(18)8-14/h4-8,10,13,19H,9H2,1-3H3. The molecule has 0 aliphatic carbocycles. The van der Waals surface area contributed by atoms with Gasteiger partial charge in [-0.1, -0.05) is 23.7 Å². The fourth-order valence-electron chi connectivity index (χ4n) is 2.55. The van der Waals surface area contributed by atoms with Crippen LogP contribution in [0.5, 0.6) is 0 Å². The average molecular weight is 315 g/mol. The molecule has 114 valence electrons. The Bertz CT molecular complexity index is 810. The Balaban J connectivity index is 1.75. The highest BCUT2D eigenvalue weighted by Gasteiger charge is 2.09. The molecule has 3 rings (SSSR count). The normalized spacial score (nSPS) is 12.7. The van der Waals surface area contributed by atoms with Crippen LogP contribution >= 0.6 is 11.6 Å². The van der Waals surface area contributed by atoms with Gasteiger partial charge in [-0.2, -0.15) is 0 Å². The highest BCUT2D eigenvalue weighted by atomic mass is 35.5. The number of hydrogen-bond acceptors (Lipinski definition) is 3. The van der Waals surface area contributed by atoms with Gasteiger partial charge in [0.05, 0.1) is 5.69 Å². The molecule has 1 atom stereocenters. The van der Waals surface area contributed by atoms with Gasteiger partial charge >= 0.3 is 0 Å². The van der Waals surface area contributed by atoms with Crippen molar-refractivity contribution in [1.29, 1.82) is 0 Å². The van der Waals surface area contributed by atoms with Gasteiger partial charge in [0.15, 0.2) is 0 Å². The Hall–Kier alpha value is -1.91. The van der Waals surface area contributed by atoms with Crippen molar-refractivity contribution in [3.63, 3.8) is 0 Å². The van der Waals surface area contributed by atoms with Crippen LogP contribution in [0, 0.1) is 13.8 Å². The van der Waals surface area contributed by atoms with Crippen LogP contribution in [-0.2, 0) is 6.54 Å². The minimum absolute atomic E-state index is 0.208. The van der Waals surface area contributed by atoms with E-state index in [4.69, 9.17) is 11.6 Å². The molecule has 0 saturated heterocycles. The van der Waals surface area contributed by atoms with Crippen LogP contribution in [0.1, 0.15) is 35.6 Å². The van der Waals surface area contributed by atoms with Crippen LogP contribution in [0.25, 0.3) is 5.78 Å². The lowest BCUT2D eigenvalue weighted by Crippen LogP contribution is -2.18. The number of hydrogen-bond donors (Lipinski definition) is 1. The van der Waals surface area contributed by atoms with E-state index in [0.717, 1.165) is 27.9 Å². The van der Waals surface area contributed by atoms with Gasteiger partial charge in [-0.3, -0.25) is 4.40 Å². The zero-order valence-electron chi connectivity index (χ0n) is 13.0. The summed E-state index contributed by atoms with van der Waals surface area (Å²) in [6.07, 6.45) is 2.04. The molecule has 2 heterocycles. The highest BCUT2D eigenvalue weighted by Crippen LogP contribution is 2.18. The zero-order valence-corrected chi connectivity index (χ0v) is 13.7. The molecule has 0 aliphatic rings. The Morgan fingerprint density at radius 3 is 2.82 bits per heavy atom. The molecule has 1 aromatic carbocycles. The molecule has 3 aromatic rings. The topological polar surface area (TPSA) is 42.2 Å². The summed E-state index contributed by atoms with van der Waals surface area (Å²) in [5, 5.41) is 4.23. The predicted molar refractivity (Wildman–Crippen MR) is 89.2 cm³/mol. The van der Waals surface area contributed by atoms with Crippen LogP contribution in [-0.4, -0.2) is 14.4 Å². The monoisotopic (exact) mass is 314 g/mol. The minimum Gasteiger partial charge on any atom is -0.305 e. The van der Waals surface area contributed by atoms with E-state index in [1.165, 1.54) is 5.56 Å². The molecule has 22 heavy (non-hydrogen) atoms. The Labute approximate surface area is 135 Å². The number of imidazole rings is 1. The summed E-state index contributed by atoms with van der Waals surface area (Å²) < 4.78 is 2.02. The van der Waals surface area contributed by atoms with Crippen LogP contribution in [0.4, 0.5) is 0 Å². The number of benzene rings is 1. The zero-order chi connectivity index (χ0) is 15.7. The summed E-state index contributed by atoms with van der Waals surface area (Å²) in [5.74, 6) is 0.754. The van der Waals surface area contributed by atoms with Crippen molar-refractivity contribution in [2.75, 3.05) is 0 Å². The number of aryl methyl sites for hydroxylation is 2.